The molecule has 3 rings (SSSR count). The summed E-state index contributed by atoms with van der Waals surface area (Å²) in [5.74, 6) is 0. The molecule has 0 spiro atoms. The van der Waals surface area contributed by atoms with Crippen molar-refractivity contribution in [3.05, 3.63) is 90.0 Å². The van der Waals surface area contributed by atoms with Gasteiger partial charge in [-0.2, -0.15) is 4.72 Å². The highest BCUT2D eigenvalue weighted by Crippen LogP contribution is 2.26. The van der Waals surface area contributed by atoms with Gasteiger partial charge in [-0.1, -0.05) is 60.7 Å². The molecular formula is C21H19NO3S. The molecule has 0 heterocycles. The van der Waals surface area contributed by atoms with Crippen molar-refractivity contribution in [3.63, 3.8) is 0 Å². The van der Waals surface area contributed by atoms with Crippen LogP contribution in [0.2, 0.25) is 0 Å². The molecule has 0 aliphatic heterocycles. The minimum Gasteiger partial charge on any atom is -0.298 e. The Bertz CT molecular complexity index is 1070. The first-order valence-electron chi connectivity index (χ1n) is 8.12. The summed E-state index contributed by atoms with van der Waals surface area (Å²) in [5, 5.41) is 2.00. The van der Waals surface area contributed by atoms with E-state index < -0.39 is 16.1 Å². The largest absolute Gasteiger partial charge is 0.298 e. The summed E-state index contributed by atoms with van der Waals surface area (Å²) in [6.07, 6.45) is 0.581. The molecule has 0 fully saturated rings. The maximum Gasteiger partial charge on any atom is 0.241 e. The van der Waals surface area contributed by atoms with Gasteiger partial charge in [-0.3, -0.25) is 4.79 Å². The maximum absolute atomic E-state index is 12.7. The van der Waals surface area contributed by atoms with Crippen LogP contribution in [0.4, 0.5) is 0 Å². The zero-order valence-corrected chi connectivity index (χ0v) is 15.2. The third-order valence-electron chi connectivity index (χ3n) is 4.23. The lowest BCUT2D eigenvalue weighted by Crippen LogP contribution is -2.30. The Morgan fingerprint density at radius 2 is 1.65 bits per heavy atom. The number of carbonyl (C=O) groups excluding carboxylic acids is 1. The van der Waals surface area contributed by atoms with E-state index in [4.69, 9.17) is 0 Å². The fourth-order valence-corrected chi connectivity index (χ4v) is 3.98. The number of sulfonamides is 1. The Morgan fingerprint density at radius 3 is 2.31 bits per heavy atom. The number of aldehydes is 1. The Balaban J connectivity index is 2.01. The van der Waals surface area contributed by atoms with E-state index in [1.165, 1.54) is 0 Å². The molecule has 1 N–H and O–H groups in total. The minimum atomic E-state index is -3.80. The molecule has 1 atom stereocenters. The van der Waals surface area contributed by atoms with E-state index in [2.05, 4.69) is 11.3 Å². The highest BCUT2D eigenvalue weighted by atomic mass is 32.2. The van der Waals surface area contributed by atoms with E-state index in [9.17, 15) is 13.2 Å². The molecule has 26 heavy (non-hydrogen) atoms. The van der Waals surface area contributed by atoms with Crippen LogP contribution in [0.1, 0.15) is 17.2 Å². The predicted octanol–water partition coefficient (Wildman–Crippen LogP) is 3.92. The monoisotopic (exact) mass is 365 g/mol. The van der Waals surface area contributed by atoms with Crippen molar-refractivity contribution in [2.45, 2.75) is 17.9 Å². The van der Waals surface area contributed by atoms with Gasteiger partial charge in [0.2, 0.25) is 10.0 Å². The summed E-state index contributed by atoms with van der Waals surface area (Å²) < 4.78 is 28.1. The second-order valence-corrected chi connectivity index (χ2v) is 7.88. The van der Waals surface area contributed by atoms with Gasteiger partial charge in [0.25, 0.3) is 0 Å². The topological polar surface area (TPSA) is 63.2 Å². The second-order valence-electron chi connectivity index (χ2n) is 6.17. The summed E-state index contributed by atoms with van der Waals surface area (Å²) in [6.45, 7) is 5.61. The first-order chi connectivity index (χ1) is 12.4. The van der Waals surface area contributed by atoms with Crippen molar-refractivity contribution in [1.29, 1.82) is 0 Å². The zero-order chi connectivity index (χ0) is 18.7. The van der Waals surface area contributed by atoms with Gasteiger partial charge in [0, 0.05) is 5.57 Å². The summed E-state index contributed by atoms with van der Waals surface area (Å²) in [7, 11) is -3.80. The van der Waals surface area contributed by atoms with Crippen LogP contribution in [0, 0.1) is 6.92 Å². The molecule has 0 saturated heterocycles. The number of aryl methyl sites for hydroxylation is 1. The van der Waals surface area contributed by atoms with Crippen LogP contribution >= 0.6 is 0 Å². The Labute approximate surface area is 153 Å². The van der Waals surface area contributed by atoms with E-state index in [1.54, 1.807) is 30.3 Å². The molecule has 3 aromatic rings. The normalized spacial score (nSPS) is 12.7. The number of benzene rings is 3. The van der Waals surface area contributed by atoms with Crippen LogP contribution in [0.5, 0.6) is 0 Å². The molecule has 0 saturated carbocycles. The summed E-state index contributed by atoms with van der Waals surface area (Å²) in [4.78, 5) is 11.5. The molecule has 0 aliphatic carbocycles. The number of hydrogen-bond donors (Lipinski definition) is 1. The average Bonchev–Trinajstić information content (AvgIpc) is 2.65. The van der Waals surface area contributed by atoms with Gasteiger partial charge in [0.1, 0.15) is 6.29 Å². The van der Waals surface area contributed by atoms with Crippen molar-refractivity contribution < 1.29 is 13.2 Å². The number of nitrogens with one attached hydrogen (secondary N) is 1. The highest BCUT2D eigenvalue weighted by Gasteiger charge is 2.23. The van der Waals surface area contributed by atoms with Gasteiger partial charge < -0.3 is 0 Å². The molecular weight excluding hydrogens is 346 g/mol. The molecule has 132 valence electrons. The first-order valence-corrected chi connectivity index (χ1v) is 9.61. The SMILES string of the molecule is C=C(C=O)[C@H](NS(=O)(=O)c1ccc(C)cc1)c1ccc2ccccc2c1. The van der Waals surface area contributed by atoms with Crippen LogP contribution in [-0.4, -0.2) is 14.7 Å². The van der Waals surface area contributed by atoms with E-state index in [1.807, 2.05) is 43.3 Å². The van der Waals surface area contributed by atoms with Crippen LogP contribution in [0.3, 0.4) is 0 Å². The second kappa shape index (κ2) is 7.23. The predicted molar refractivity (Wildman–Crippen MR) is 103 cm³/mol. The highest BCUT2D eigenvalue weighted by molar-refractivity contribution is 7.89. The molecule has 0 aliphatic rings. The quantitative estimate of drug-likeness (QED) is 0.532. The molecule has 0 bridgehead atoms. The van der Waals surface area contributed by atoms with E-state index >= 15 is 0 Å². The van der Waals surface area contributed by atoms with Crippen molar-refractivity contribution in [2.24, 2.45) is 0 Å². The van der Waals surface area contributed by atoms with Gasteiger partial charge in [-0.25, -0.2) is 8.42 Å². The van der Waals surface area contributed by atoms with Gasteiger partial charge in [0.05, 0.1) is 10.9 Å². The number of fused-ring (bicyclic) bond motifs is 1. The van der Waals surface area contributed by atoms with Crippen LogP contribution in [0.25, 0.3) is 10.8 Å². The Kier molecular flexibility index (Phi) is 5.02. The van der Waals surface area contributed by atoms with E-state index in [0.29, 0.717) is 11.8 Å². The van der Waals surface area contributed by atoms with Crippen molar-refractivity contribution in [2.75, 3.05) is 0 Å². The molecule has 0 unspecified atom stereocenters. The fraction of sp³-hybridized carbons (Fsp3) is 0.0952. The van der Waals surface area contributed by atoms with Gasteiger partial charge in [-0.15, -0.1) is 0 Å². The third-order valence-corrected chi connectivity index (χ3v) is 5.67. The molecule has 0 radical (unpaired) electrons. The van der Waals surface area contributed by atoms with Crippen LogP contribution in [-0.2, 0) is 14.8 Å². The third kappa shape index (κ3) is 3.74. The zero-order valence-electron chi connectivity index (χ0n) is 14.3. The van der Waals surface area contributed by atoms with Gasteiger partial charge >= 0.3 is 0 Å². The van der Waals surface area contributed by atoms with Gasteiger partial charge in [0.15, 0.2) is 0 Å². The number of carbonyl (C=O) groups is 1. The van der Waals surface area contributed by atoms with Gasteiger partial charge in [-0.05, 0) is 41.5 Å². The lowest BCUT2D eigenvalue weighted by Gasteiger charge is -2.19. The molecule has 0 amide bonds. The smallest absolute Gasteiger partial charge is 0.241 e. The van der Waals surface area contributed by atoms with E-state index in [-0.39, 0.29) is 10.5 Å². The summed E-state index contributed by atoms with van der Waals surface area (Å²) in [6, 6.07) is 19.0. The summed E-state index contributed by atoms with van der Waals surface area (Å²) in [5.41, 5.74) is 1.78. The van der Waals surface area contributed by atoms with E-state index in [0.717, 1.165) is 16.3 Å². The van der Waals surface area contributed by atoms with Crippen molar-refractivity contribution in [3.8, 4) is 0 Å². The fourth-order valence-electron chi connectivity index (χ4n) is 2.75. The Hall–Kier alpha value is -2.76. The number of hydrogen-bond acceptors (Lipinski definition) is 3. The van der Waals surface area contributed by atoms with Crippen LogP contribution < -0.4 is 4.72 Å². The molecule has 0 aromatic heterocycles. The van der Waals surface area contributed by atoms with Crippen molar-refractivity contribution in [1.82, 2.24) is 4.72 Å². The van der Waals surface area contributed by atoms with Crippen molar-refractivity contribution >= 4 is 27.1 Å². The summed E-state index contributed by atoms with van der Waals surface area (Å²) >= 11 is 0. The minimum absolute atomic E-state index is 0.146. The lowest BCUT2D eigenvalue weighted by molar-refractivity contribution is -0.105. The van der Waals surface area contributed by atoms with Crippen LogP contribution in [0.15, 0.2) is 83.8 Å². The standard InChI is InChI=1S/C21H19NO3S/c1-15-7-11-20(12-8-15)26(24,25)22-21(16(2)14-23)19-10-9-17-5-3-4-6-18(17)13-19/h3-14,21-22H,2H2,1H3/t21-/m0/s1. The first kappa shape index (κ1) is 18.0. The Morgan fingerprint density at radius 1 is 1.00 bits per heavy atom. The lowest BCUT2D eigenvalue weighted by atomic mass is 9.98. The molecule has 4 nitrogen and oxygen atoms in total. The molecule has 5 heteroatoms. The maximum atomic E-state index is 12.7. The average molecular weight is 365 g/mol. The number of rotatable bonds is 6. The molecule has 3 aromatic carbocycles.